The summed E-state index contributed by atoms with van der Waals surface area (Å²) < 4.78 is 10.6. The molecule has 0 bridgehead atoms. The standard InChI is InChI=1S/C15H20N2O2S/c1-18-14-6-5-11(9-15(14)19-2)8-12(17-16)10-13-4-3-7-20-13/h3-7,9,12,17H,8,10,16H2,1-2H3. The van der Waals surface area contributed by atoms with E-state index in [0.717, 1.165) is 24.3 Å². The maximum absolute atomic E-state index is 5.66. The van der Waals surface area contributed by atoms with Gasteiger partial charge in [-0.3, -0.25) is 11.3 Å². The number of methoxy groups -OCH3 is 2. The second kappa shape index (κ2) is 7.28. The minimum absolute atomic E-state index is 0.201. The maximum Gasteiger partial charge on any atom is 0.160 e. The first-order chi connectivity index (χ1) is 9.76. The first kappa shape index (κ1) is 14.8. The number of ether oxygens (including phenoxy) is 2. The molecule has 0 saturated carbocycles. The Bertz CT molecular complexity index is 529. The van der Waals surface area contributed by atoms with Crippen LogP contribution in [0.5, 0.6) is 11.5 Å². The van der Waals surface area contributed by atoms with E-state index in [2.05, 4.69) is 22.9 Å². The van der Waals surface area contributed by atoms with Gasteiger partial charge in [0.1, 0.15) is 0 Å². The van der Waals surface area contributed by atoms with E-state index in [1.165, 1.54) is 10.4 Å². The molecule has 1 heterocycles. The molecule has 0 fully saturated rings. The van der Waals surface area contributed by atoms with Gasteiger partial charge in [-0.25, -0.2) is 0 Å². The molecule has 2 aromatic rings. The van der Waals surface area contributed by atoms with Gasteiger partial charge in [-0.15, -0.1) is 11.3 Å². The van der Waals surface area contributed by atoms with Crippen molar-refractivity contribution in [3.63, 3.8) is 0 Å². The van der Waals surface area contributed by atoms with Gasteiger partial charge in [0, 0.05) is 10.9 Å². The number of hydrazine groups is 1. The van der Waals surface area contributed by atoms with E-state index in [1.54, 1.807) is 25.6 Å². The van der Waals surface area contributed by atoms with Crippen LogP contribution in [-0.4, -0.2) is 20.3 Å². The second-order valence-corrected chi connectivity index (χ2v) is 5.57. The van der Waals surface area contributed by atoms with E-state index >= 15 is 0 Å². The Kier molecular flexibility index (Phi) is 5.40. The van der Waals surface area contributed by atoms with Gasteiger partial charge in [-0.05, 0) is 42.0 Å². The fraction of sp³-hybridized carbons (Fsp3) is 0.333. The minimum Gasteiger partial charge on any atom is -0.493 e. The normalized spacial score (nSPS) is 12.2. The summed E-state index contributed by atoms with van der Waals surface area (Å²) in [5.74, 6) is 7.15. The van der Waals surface area contributed by atoms with Crippen LogP contribution < -0.4 is 20.7 Å². The van der Waals surface area contributed by atoms with Crippen molar-refractivity contribution in [1.82, 2.24) is 5.43 Å². The Morgan fingerprint density at radius 1 is 1.15 bits per heavy atom. The zero-order valence-corrected chi connectivity index (χ0v) is 12.6. The van der Waals surface area contributed by atoms with Gasteiger partial charge >= 0.3 is 0 Å². The van der Waals surface area contributed by atoms with Gasteiger partial charge in [0.15, 0.2) is 11.5 Å². The van der Waals surface area contributed by atoms with Crippen LogP contribution in [0.1, 0.15) is 10.4 Å². The first-order valence-corrected chi connectivity index (χ1v) is 7.34. The van der Waals surface area contributed by atoms with Crippen molar-refractivity contribution < 1.29 is 9.47 Å². The molecule has 3 N–H and O–H groups in total. The molecule has 4 nitrogen and oxygen atoms in total. The molecular formula is C15H20N2O2S. The van der Waals surface area contributed by atoms with Crippen LogP contribution in [0.15, 0.2) is 35.7 Å². The van der Waals surface area contributed by atoms with Gasteiger partial charge in [-0.2, -0.15) is 0 Å². The summed E-state index contributed by atoms with van der Waals surface area (Å²) in [5, 5.41) is 2.08. The summed E-state index contributed by atoms with van der Waals surface area (Å²) in [7, 11) is 3.28. The van der Waals surface area contributed by atoms with E-state index in [1.807, 2.05) is 18.2 Å². The van der Waals surface area contributed by atoms with Crippen LogP contribution >= 0.6 is 11.3 Å². The van der Waals surface area contributed by atoms with E-state index in [-0.39, 0.29) is 6.04 Å². The zero-order valence-electron chi connectivity index (χ0n) is 11.8. The Balaban J connectivity index is 2.07. The highest BCUT2D eigenvalue weighted by Gasteiger charge is 2.12. The van der Waals surface area contributed by atoms with Crippen molar-refractivity contribution in [2.75, 3.05) is 14.2 Å². The van der Waals surface area contributed by atoms with Gasteiger partial charge in [0.05, 0.1) is 14.2 Å². The van der Waals surface area contributed by atoms with E-state index in [4.69, 9.17) is 15.3 Å². The number of nitrogens with two attached hydrogens (primary N) is 1. The zero-order chi connectivity index (χ0) is 14.4. The molecule has 1 aromatic heterocycles. The summed E-state index contributed by atoms with van der Waals surface area (Å²) in [6.07, 6.45) is 1.76. The molecule has 0 saturated heterocycles. The number of nitrogens with one attached hydrogen (secondary N) is 1. The molecule has 108 valence electrons. The average molecular weight is 292 g/mol. The van der Waals surface area contributed by atoms with Crippen LogP contribution in [-0.2, 0) is 12.8 Å². The lowest BCUT2D eigenvalue weighted by molar-refractivity contribution is 0.354. The van der Waals surface area contributed by atoms with Crippen molar-refractivity contribution in [2.24, 2.45) is 5.84 Å². The highest BCUT2D eigenvalue weighted by atomic mass is 32.1. The molecule has 0 radical (unpaired) electrons. The summed E-state index contributed by atoms with van der Waals surface area (Å²) in [5.41, 5.74) is 4.06. The molecule has 0 spiro atoms. The number of benzene rings is 1. The molecule has 2 rings (SSSR count). The van der Waals surface area contributed by atoms with Gasteiger partial charge in [-0.1, -0.05) is 12.1 Å². The Hall–Kier alpha value is -1.56. The summed E-state index contributed by atoms with van der Waals surface area (Å²) in [6, 6.07) is 10.4. The fourth-order valence-corrected chi connectivity index (χ4v) is 2.94. The van der Waals surface area contributed by atoms with Crippen molar-refractivity contribution in [3.05, 3.63) is 46.2 Å². The number of hydrogen-bond donors (Lipinski definition) is 2. The Morgan fingerprint density at radius 3 is 2.55 bits per heavy atom. The Labute approximate surface area is 123 Å². The van der Waals surface area contributed by atoms with Crippen LogP contribution in [0, 0.1) is 0 Å². The highest BCUT2D eigenvalue weighted by molar-refractivity contribution is 7.09. The monoisotopic (exact) mass is 292 g/mol. The third kappa shape index (κ3) is 3.72. The predicted molar refractivity (Wildman–Crippen MR) is 82.4 cm³/mol. The largest absolute Gasteiger partial charge is 0.493 e. The fourth-order valence-electron chi connectivity index (χ4n) is 2.15. The average Bonchev–Trinajstić information content (AvgIpc) is 2.99. The first-order valence-electron chi connectivity index (χ1n) is 6.46. The molecular weight excluding hydrogens is 272 g/mol. The number of rotatable bonds is 7. The topological polar surface area (TPSA) is 56.5 Å². The molecule has 20 heavy (non-hydrogen) atoms. The molecule has 1 atom stereocenters. The molecule has 0 aliphatic rings. The molecule has 0 aliphatic carbocycles. The number of hydrogen-bond acceptors (Lipinski definition) is 5. The maximum atomic E-state index is 5.66. The van der Waals surface area contributed by atoms with Crippen LogP contribution in [0.25, 0.3) is 0 Å². The van der Waals surface area contributed by atoms with Gasteiger partial charge in [0.25, 0.3) is 0 Å². The lowest BCUT2D eigenvalue weighted by Crippen LogP contribution is -2.38. The molecule has 0 aliphatic heterocycles. The lowest BCUT2D eigenvalue weighted by atomic mass is 10.0. The van der Waals surface area contributed by atoms with Crippen molar-refractivity contribution in [2.45, 2.75) is 18.9 Å². The minimum atomic E-state index is 0.201. The summed E-state index contributed by atoms with van der Waals surface area (Å²) in [6.45, 7) is 0. The summed E-state index contributed by atoms with van der Waals surface area (Å²) >= 11 is 1.75. The van der Waals surface area contributed by atoms with Crippen molar-refractivity contribution in [3.8, 4) is 11.5 Å². The quantitative estimate of drug-likeness (QED) is 0.608. The smallest absolute Gasteiger partial charge is 0.160 e. The van der Waals surface area contributed by atoms with E-state index < -0.39 is 0 Å². The van der Waals surface area contributed by atoms with E-state index in [0.29, 0.717) is 0 Å². The SMILES string of the molecule is COc1ccc(CC(Cc2cccs2)NN)cc1OC. The molecule has 5 heteroatoms. The van der Waals surface area contributed by atoms with E-state index in [9.17, 15) is 0 Å². The van der Waals surface area contributed by atoms with Gasteiger partial charge < -0.3 is 9.47 Å². The van der Waals surface area contributed by atoms with Crippen molar-refractivity contribution >= 4 is 11.3 Å². The summed E-state index contributed by atoms with van der Waals surface area (Å²) in [4.78, 5) is 1.33. The third-order valence-electron chi connectivity index (χ3n) is 3.19. The lowest BCUT2D eigenvalue weighted by Gasteiger charge is -2.16. The van der Waals surface area contributed by atoms with Crippen LogP contribution in [0.2, 0.25) is 0 Å². The molecule has 1 unspecified atom stereocenters. The second-order valence-electron chi connectivity index (χ2n) is 4.54. The van der Waals surface area contributed by atoms with Gasteiger partial charge in [0.2, 0.25) is 0 Å². The highest BCUT2D eigenvalue weighted by Crippen LogP contribution is 2.28. The van der Waals surface area contributed by atoms with Crippen molar-refractivity contribution in [1.29, 1.82) is 0 Å². The third-order valence-corrected chi connectivity index (χ3v) is 4.09. The number of thiophene rings is 1. The molecule has 0 amide bonds. The molecule has 1 aromatic carbocycles. The predicted octanol–water partition coefficient (Wildman–Crippen LogP) is 2.38. The Morgan fingerprint density at radius 2 is 1.95 bits per heavy atom. The van der Waals surface area contributed by atoms with Crippen LogP contribution in [0.3, 0.4) is 0 Å². The van der Waals surface area contributed by atoms with Crippen LogP contribution in [0.4, 0.5) is 0 Å².